The Morgan fingerprint density at radius 2 is 2.11 bits per heavy atom. The molecule has 0 bridgehead atoms. The number of likely N-dealkylation sites (N-methyl/N-ethyl adjacent to an activating group) is 1. The van der Waals surface area contributed by atoms with Crippen LogP contribution in [0.4, 0.5) is 13.2 Å². The maximum atomic E-state index is 12.6. The average Bonchev–Trinajstić information content (AvgIpc) is 2.37. The molecule has 0 aromatic heterocycles. The third-order valence-electron chi connectivity index (χ3n) is 4.06. The van der Waals surface area contributed by atoms with E-state index in [2.05, 4.69) is 5.32 Å². The van der Waals surface area contributed by atoms with Gasteiger partial charge in [-0.05, 0) is 45.7 Å². The molecule has 0 aliphatic heterocycles. The van der Waals surface area contributed by atoms with Crippen LogP contribution in [0.2, 0.25) is 0 Å². The van der Waals surface area contributed by atoms with E-state index in [-0.39, 0.29) is 12.6 Å². The summed E-state index contributed by atoms with van der Waals surface area (Å²) >= 11 is 0. The van der Waals surface area contributed by atoms with Crippen LogP contribution in [0.25, 0.3) is 0 Å². The van der Waals surface area contributed by atoms with Crippen molar-refractivity contribution in [2.75, 3.05) is 26.7 Å². The van der Waals surface area contributed by atoms with Gasteiger partial charge in [-0.3, -0.25) is 4.90 Å². The molecular weight excluding hydrogens is 257 g/mol. The van der Waals surface area contributed by atoms with E-state index in [9.17, 15) is 18.3 Å². The molecule has 0 radical (unpaired) electrons. The maximum absolute atomic E-state index is 12.6. The molecule has 1 saturated carbocycles. The number of nitrogens with one attached hydrogen (secondary N) is 1. The molecule has 0 aromatic carbocycles. The van der Waals surface area contributed by atoms with Crippen molar-refractivity contribution >= 4 is 0 Å². The normalized spacial score (nSPS) is 28.9. The largest absolute Gasteiger partial charge is 0.401 e. The van der Waals surface area contributed by atoms with Crippen LogP contribution >= 0.6 is 0 Å². The van der Waals surface area contributed by atoms with Crippen molar-refractivity contribution in [2.45, 2.75) is 56.8 Å². The van der Waals surface area contributed by atoms with Gasteiger partial charge in [0.25, 0.3) is 0 Å². The second-order valence-corrected chi connectivity index (χ2v) is 5.52. The minimum Gasteiger partial charge on any atom is -0.394 e. The van der Waals surface area contributed by atoms with Gasteiger partial charge in [-0.1, -0.05) is 6.92 Å². The van der Waals surface area contributed by atoms with Gasteiger partial charge in [0.05, 0.1) is 13.2 Å². The molecule has 2 atom stereocenters. The quantitative estimate of drug-likeness (QED) is 0.783. The van der Waals surface area contributed by atoms with Crippen LogP contribution in [0.15, 0.2) is 0 Å². The first-order chi connectivity index (χ1) is 8.86. The van der Waals surface area contributed by atoms with Crippen LogP contribution in [-0.2, 0) is 0 Å². The summed E-state index contributed by atoms with van der Waals surface area (Å²) in [5.74, 6) is 0. The molecule has 0 heterocycles. The highest BCUT2D eigenvalue weighted by atomic mass is 19.4. The van der Waals surface area contributed by atoms with Crippen LogP contribution in [0.1, 0.15) is 39.0 Å². The lowest BCUT2D eigenvalue weighted by atomic mass is 9.79. The first kappa shape index (κ1) is 16.7. The van der Waals surface area contributed by atoms with Gasteiger partial charge in [0.1, 0.15) is 0 Å². The van der Waals surface area contributed by atoms with Crippen molar-refractivity contribution in [2.24, 2.45) is 0 Å². The average molecular weight is 282 g/mol. The number of halogens is 3. The molecule has 6 heteroatoms. The van der Waals surface area contributed by atoms with E-state index < -0.39 is 18.3 Å². The van der Waals surface area contributed by atoms with Gasteiger partial charge >= 0.3 is 6.18 Å². The molecule has 0 spiro atoms. The van der Waals surface area contributed by atoms with Crippen LogP contribution in [-0.4, -0.2) is 54.5 Å². The molecule has 1 aliphatic carbocycles. The monoisotopic (exact) mass is 282 g/mol. The third-order valence-corrected chi connectivity index (χ3v) is 4.06. The molecule has 2 N–H and O–H groups in total. The number of rotatable bonds is 6. The molecule has 1 rings (SSSR count). The molecule has 19 heavy (non-hydrogen) atoms. The van der Waals surface area contributed by atoms with Gasteiger partial charge in [0.15, 0.2) is 0 Å². The highest BCUT2D eigenvalue weighted by Crippen LogP contribution is 2.32. The van der Waals surface area contributed by atoms with Crippen LogP contribution < -0.4 is 5.32 Å². The van der Waals surface area contributed by atoms with Gasteiger partial charge in [-0.25, -0.2) is 0 Å². The van der Waals surface area contributed by atoms with Crippen LogP contribution in [0, 0.1) is 0 Å². The summed E-state index contributed by atoms with van der Waals surface area (Å²) in [6.07, 6.45) is -0.422. The number of aliphatic hydroxyl groups is 1. The van der Waals surface area contributed by atoms with Gasteiger partial charge in [0, 0.05) is 11.6 Å². The molecule has 0 amide bonds. The van der Waals surface area contributed by atoms with Crippen LogP contribution in [0.3, 0.4) is 0 Å². The summed E-state index contributed by atoms with van der Waals surface area (Å²) < 4.78 is 37.9. The molecule has 114 valence electrons. The number of hydrogen-bond acceptors (Lipinski definition) is 3. The zero-order valence-electron chi connectivity index (χ0n) is 11.8. The molecule has 2 unspecified atom stereocenters. The van der Waals surface area contributed by atoms with E-state index in [1.165, 1.54) is 4.90 Å². The standard InChI is InChI=1S/C13H25F3N2O/c1-3-7-18(9-13(14,15)16)11-5-4-6-12(8-11,10-19)17-2/h11,17,19H,3-10H2,1-2H3. The lowest BCUT2D eigenvalue weighted by Crippen LogP contribution is -2.55. The summed E-state index contributed by atoms with van der Waals surface area (Å²) in [7, 11) is 1.77. The summed E-state index contributed by atoms with van der Waals surface area (Å²) in [5.41, 5.74) is -0.416. The second-order valence-electron chi connectivity index (χ2n) is 5.52. The second kappa shape index (κ2) is 6.90. The van der Waals surface area contributed by atoms with Crippen molar-refractivity contribution < 1.29 is 18.3 Å². The van der Waals surface area contributed by atoms with Gasteiger partial charge in [-0.2, -0.15) is 13.2 Å². The SMILES string of the molecule is CCCN(CC(F)(F)F)C1CCCC(CO)(NC)C1. The van der Waals surface area contributed by atoms with E-state index >= 15 is 0 Å². The molecule has 1 fully saturated rings. The lowest BCUT2D eigenvalue weighted by Gasteiger charge is -2.44. The van der Waals surface area contributed by atoms with E-state index in [1.807, 2.05) is 6.92 Å². The lowest BCUT2D eigenvalue weighted by molar-refractivity contribution is -0.153. The Kier molecular flexibility index (Phi) is 6.08. The van der Waals surface area contributed by atoms with Crippen molar-refractivity contribution in [3.8, 4) is 0 Å². The fourth-order valence-corrected chi connectivity index (χ4v) is 3.00. The summed E-state index contributed by atoms with van der Waals surface area (Å²) in [5, 5.41) is 12.6. The van der Waals surface area contributed by atoms with Crippen LogP contribution in [0.5, 0.6) is 0 Å². The number of alkyl halides is 3. The van der Waals surface area contributed by atoms with Gasteiger partial charge in [-0.15, -0.1) is 0 Å². The highest BCUT2D eigenvalue weighted by Gasteiger charge is 2.40. The molecule has 1 aliphatic rings. The van der Waals surface area contributed by atoms with E-state index in [0.717, 1.165) is 19.3 Å². The Balaban J connectivity index is 2.73. The number of aliphatic hydroxyl groups excluding tert-OH is 1. The van der Waals surface area contributed by atoms with Gasteiger partial charge < -0.3 is 10.4 Å². The number of hydrogen-bond donors (Lipinski definition) is 2. The van der Waals surface area contributed by atoms with E-state index in [0.29, 0.717) is 19.4 Å². The minimum absolute atomic E-state index is 0.0218. The molecule has 0 aromatic rings. The first-order valence-corrected chi connectivity index (χ1v) is 6.96. The van der Waals surface area contributed by atoms with Crippen molar-refractivity contribution in [3.05, 3.63) is 0 Å². The van der Waals surface area contributed by atoms with Crippen molar-refractivity contribution in [1.82, 2.24) is 10.2 Å². The molecule has 0 saturated heterocycles. The molecular formula is C13H25F3N2O. The fourth-order valence-electron chi connectivity index (χ4n) is 3.00. The third kappa shape index (κ3) is 4.93. The Morgan fingerprint density at radius 3 is 2.58 bits per heavy atom. The predicted octanol–water partition coefficient (Wildman–Crippen LogP) is 2.15. The summed E-state index contributed by atoms with van der Waals surface area (Å²) in [6, 6.07) is -0.102. The Morgan fingerprint density at radius 1 is 1.42 bits per heavy atom. The summed E-state index contributed by atoms with van der Waals surface area (Å²) in [4.78, 5) is 1.53. The minimum atomic E-state index is -4.16. The smallest absolute Gasteiger partial charge is 0.394 e. The zero-order chi connectivity index (χ0) is 14.5. The number of nitrogens with zero attached hydrogens (tertiary/aromatic N) is 1. The van der Waals surface area contributed by atoms with Gasteiger partial charge in [0.2, 0.25) is 0 Å². The Bertz CT molecular complexity index is 267. The Labute approximate surface area is 113 Å². The van der Waals surface area contributed by atoms with Crippen molar-refractivity contribution in [1.29, 1.82) is 0 Å². The highest BCUT2D eigenvalue weighted by molar-refractivity contribution is 4.95. The maximum Gasteiger partial charge on any atom is 0.401 e. The topological polar surface area (TPSA) is 35.5 Å². The van der Waals surface area contributed by atoms with Crippen molar-refractivity contribution in [3.63, 3.8) is 0 Å². The predicted molar refractivity (Wildman–Crippen MR) is 69.1 cm³/mol. The fraction of sp³-hybridized carbons (Fsp3) is 1.00. The first-order valence-electron chi connectivity index (χ1n) is 6.96. The molecule has 3 nitrogen and oxygen atoms in total. The van der Waals surface area contributed by atoms with E-state index in [1.54, 1.807) is 7.05 Å². The van der Waals surface area contributed by atoms with E-state index in [4.69, 9.17) is 0 Å². The zero-order valence-corrected chi connectivity index (χ0v) is 11.8. The summed E-state index contributed by atoms with van der Waals surface area (Å²) in [6.45, 7) is 1.47. The Hall–Kier alpha value is -0.330.